The molecular formula is C22H24N2O4. The van der Waals surface area contributed by atoms with E-state index in [1.165, 1.54) is 0 Å². The molecule has 28 heavy (non-hydrogen) atoms. The highest BCUT2D eigenvalue weighted by Crippen LogP contribution is 2.73. The van der Waals surface area contributed by atoms with Crippen LogP contribution in [0.4, 0.5) is 0 Å². The number of rotatable bonds is 6. The van der Waals surface area contributed by atoms with Crippen LogP contribution in [0.15, 0.2) is 35.5 Å². The fourth-order valence-electron chi connectivity index (χ4n) is 5.45. The third-order valence-electron chi connectivity index (χ3n) is 6.72. The second-order valence-electron chi connectivity index (χ2n) is 8.03. The van der Waals surface area contributed by atoms with E-state index >= 15 is 0 Å². The summed E-state index contributed by atoms with van der Waals surface area (Å²) in [5.74, 6) is 0.992. The van der Waals surface area contributed by atoms with E-state index < -0.39 is 0 Å². The molecule has 0 unspecified atom stereocenters. The Kier molecular flexibility index (Phi) is 3.86. The Hall–Kier alpha value is -2.63. The first-order chi connectivity index (χ1) is 13.6. The molecule has 2 amide bonds. The van der Waals surface area contributed by atoms with E-state index in [1.54, 1.807) is 6.21 Å². The van der Waals surface area contributed by atoms with Gasteiger partial charge in [0, 0.05) is 0 Å². The molecule has 2 bridgehead atoms. The molecule has 0 N–H and O–H groups in total. The van der Waals surface area contributed by atoms with Crippen LogP contribution in [0, 0.1) is 29.1 Å². The van der Waals surface area contributed by atoms with Gasteiger partial charge in [-0.05, 0) is 67.7 Å². The standard InChI is InChI=1S/C22H24N2O4/c1-3-27-16-8-5-13(11-17(16)28-4-2)12-23-24-20(25)18-14-6-7-15(19(18)21(24)26)22(14)9-10-22/h5-8,11-12,14-15,18-19H,3-4,9-10H2,1-2H3/b23-12-/t14-,15-,18-,19-/m1/s1. The predicted molar refractivity (Wildman–Crippen MR) is 103 cm³/mol. The quantitative estimate of drug-likeness (QED) is 0.432. The molecule has 0 aromatic heterocycles. The summed E-state index contributed by atoms with van der Waals surface area (Å²) >= 11 is 0. The van der Waals surface area contributed by atoms with E-state index in [0.717, 1.165) is 23.4 Å². The van der Waals surface area contributed by atoms with Crippen molar-refractivity contribution in [3.05, 3.63) is 35.9 Å². The van der Waals surface area contributed by atoms with Gasteiger partial charge >= 0.3 is 0 Å². The van der Waals surface area contributed by atoms with Gasteiger partial charge in [-0.3, -0.25) is 9.59 Å². The molecule has 5 rings (SSSR count). The number of hydrogen-bond acceptors (Lipinski definition) is 5. The number of ether oxygens (including phenoxy) is 2. The van der Waals surface area contributed by atoms with Crippen LogP contribution in [0.1, 0.15) is 32.3 Å². The van der Waals surface area contributed by atoms with E-state index in [1.807, 2.05) is 32.0 Å². The van der Waals surface area contributed by atoms with Crippen LogP contribution in [0.2, 0.25) is 0 Å². The number of fused-ring (bicyclic) bond motifs is 3. The van der Waals surface area contributed by atoms with Gasteiger partial charge in [0.25, 0.3) is 11.8 Å². The largest absolute Gasteiger partial charge is 0.490 e. The highest BCUT2D eigenvalue weighted by atomic mass is 16.5. The van der Waals surface area contributed by atoms with Gasteiger partial charge in [-0.25, -0.2) is 0 Å². The van der Waals surface area contributed by atoms with Gasteiger partial charge in [-0.2, -0.15) is 10.1 Å². The van der Waals surface area contributed by atoms with Gasteiger partial charge in [-0.15, -0.1) is 0 Å². The number of nitrogens with zero attached hydrogens (tertiary/aromatic N) is 2. The van der Waals surface area contributed by atoms with Crippen molar-refractivity contribution in [2.45, 2.75) is 26.7 Å². The number of amides is 2. The van der Waals surface area contributed by atoms with Crippen molar-refractivity contribution in [1.82, 2.24) is 5.01 Å². The summed E-state index contributed by atoms with van der Waals surface area (Å²) in [6, 6.07) is 5.47. The van der Waals surface area contributed by atoms with E-state index in [-0.39, 0.29) is 40.9 Å². The molecule has 4 aliphatic rings. The SMILES string of the molecule is CCOc1ccc(/C=N\N2C(=O)[C@H]3[C@H](C2=O)[C@H]2C=C[C@H]3C23CC3)cc1OCC. The van der Waals surface area contributed by atoms with E-state index in [0.29, 0.717) is 24.7 Å². The molecule has 146 valence electrons. The minimum atomic E-state index is -0.221. The fraction of sp³-hybridized carbons (Fsp3) is 0.500. The highest BCUT2D eigenvalue weighted by molar-refractivity contribution is 6.07. The molecule has 3 aliphatic carbocycles. The lowest BCUT2D eigenvalue weighted by molar-refractivity contribution is -0.141. The highest BCUT2D eigenvalue weighted by Gasteiger charge is 2.73. The van der Waals surface area contributed by atoms with Crippen molar-refractivity contribution in [3.8, 4) is 11.5 Å². The Morgan fingerprint density at radius 2 is 1.64 bits per heavy atom. The Labute approximate surface area is 164 Å². The Morgan fingerprint density at radius 3 is 2.21 bits per heavy atom. The smallest absolute Gasteiger partial charge is 0.254 e. The molecule has 1 aliphatic heterocycles. The lowest BCUT2D eigenvalue weighted by Gasteiger charge is -2.18. The van der Waals surface area contributed by atoms with E-state index in [2.05, 4.69) is 17.3 Å². The van der Waals surface area contributed by atoms with Gasteiger partial charge in [-0.1, -0.05) is 12.2 Å². The third-order valence-corrected chi connectivity index (χ3v) is 6.72. The van der Waals surface area contributed by atoms with Gasteiger partial charge in [0.15, 0.2) is 11.5 Å². The van der Waals surface area contributed by atoms with Crippen molar-refractivity contribution in [2.75, 3.05) is 13.2 Å². The lowest BCUT2D eigenvalue weighted by atomic mass is 9.85. The topological polar surface area (TPSA) is 68.2 Å². The van der Waals surface area contributed by atoms with Crippen LogP contribution in [0.5, 0.6) is 11.5 Å². The summed E-state index contributed by atoms with van der Waals surface area (Å²) in [7, 11) is 0. The zero-order valence-electron chi connectivity index (χ0n) is 16.1. The Bertz CT molecular complexity index is 868. The van der Waals surface area contributed by atoms with Crippen LogP contribution in [0.25, 0.3) is 0 Å². The monoisotopic (exact) mass is 380 g/mol. The van der Waals surface area contributed by atoms with Crippen molar-refractivity contribution in [3.63, 3.8) is 0 Å². The number of carbonyl (C=O) groups excluding carboxylic acids is 2. The van der Waals surface area contributed by atoms with Crippen LogP contribution in [0.3, 0.4) is 0 Å². The first-order valence-electron chi connectivity index (χ1n) is 10.1. The lowest BCUT2D eigenvalue weighted by Crippen LogP contribution is -2.30. The van der Waals surface area contributed by atoms with Crippen LogP contribution >= 0.6 is 0 Å². The summed E-state index contributed by atoms with van der Waals surface area (Å²) in [5, 5.41) is 5.36. The maximum atomic E-state index is 12.9. The number of allylic oxidation sites excluding steroid dienone is 2. The average molecular weight is 380 g/mol. The Balaban J connectivity index is 1.37. The number of benzene rings is 1. The Morgan fingerprint density at radius 1 is 1.04 bits per heavy atom. The number of hydrazone groups is 1. The normalized spacial score (nSPS) is 31.3. The zero-order chi connectivity index (χ0) is 19.5. The maximum absolute atomic E-state index is 12.9. The molecule has 0 radical (unpaired) electrons. The number of carbonyl (C=O) groups is 2. The molecule has 1 heterocycles. The first kappa shape index (κ1) is 17.5. The molecule has 1 aromatic rings. The minimum absolute atomic E-state index is 0.148. The van der Waals surface area contributed by atoms with Gasteiger partial charge in [0.2, 0.25) is 0 Å². The van der Waals surface area contributed by atoms with Gasteiger partial charge in [0.05, 0.1) is 31.3 Å². The average Bonchev–Trinajstić information content (AvgIpc) is 3.29. The molecule has 4 atom stereocenters. The van der Waals surface area contributed by atoms with Gasteiger partial charge < -0.3 is 9.47 Å². The summed E-state index contributed by atoms with van der Waals surface area (Å²) in [6.07, 6.45) is 8.16. The number of hydrogen-bond donors (Lipinski definition) is 0. The second-order valence-corrected chi connectivity index (χ2v) is 8.03. The zero-order valence-corrected chi connectivity index (χ0v) is 16.1. The van der Waals surface area contributed by atoms with Crippen molar-refractivity contribution in [2.24, 2.45) is 34.2 Å². The van der Waals surface area contributed by atoms with Crippen LogP contribution < -0.4 is 9.47 Å². The molecule has 3 fully saturated rings. The summed E-state index contributed by atoms with van der Waals surface area (Å²) < 4.78 is 11.2. The van der Waals surface area contributed by atoms with Crippen LogP contribution in [-0.4, -0.2) is 36.3 Å². The van der Waals surface area contributed by atoms with E-state index in [9.17, 15) is 9.59 Å². The molecule has 1 spiro atoms. The van der Waals surface area contributed by atoms with Crippen molar-refractivity contribution < 1.29 is 19.1 Å². The van der Waals surface area contributed by atoms with Crippen molar-refractivity contribution in [1.29, 1.82) is 0 Å². The molecule has 2 saturated carbocycles. The molecule has 6 nitrogen and oxygen atoms in total. The summed E-state index contributed by atoms with van der Waals surface area (Å²) in [6.45, 7) is 4.89. The number of imide groups is 1. The molecule has 1 aromatic carbocycles. The minimum Gasteiger partial charge on any atom is -0.490 e. The molecule has 1 saturated heterocycles. The van der Waals surface area contributed by atoms with Crippen LogP contribution in [-0.2, 0) is 9.59 Å². The molecular weight excluding hydrogens is 356 g/mol. The van der Waals surface area contributed by atoms with Gasteiger partial charge in [0.1, 0.15) is 0 Å². The summed E-state index contributed by atoms with van der Waals surface area (Å²) in [5.41, 5.74) is 0.960. The summed E-state index contributed by atoms with van der Waals surface area (Å²) in [4.78, 5) is 25.9. The fourth-order valence-corrected chi connectivity index (χ4v) is 5.45. The predicted octanol–water partition coefficient (Wildman–Crippen LogP) is 3.02. The van der Waals surface area contributed by atoms with Crippen molar-refractivity contribution >= 4 is 18.0 Å². The second kappa shape index (κ2) is 6.19. The van der Waals surface area contributed by atoms with E-state index in [4.69, 9.17) is 9.47 Å². The molecule has 6 heteroatoms. The third kappa shape index (κ3) is 2.30. The first-order valence-corrected chi connectivity index (χ1v) is 10.1. The maximum Gasteiger partial charge on any atom is 0.254 e.